The maximum atomic E-state index is 14.0. The molecule has 1 aliphatic carbocycles. The Labute approximate surface area is 211 Å². The summed E-state index contributed by atoms with van der Waals surface area (Å²) in [4.78, 5) is 29.5. The number of benzene rings is 1. The third-order valence-corrected chi connectivity index (χ3v) is 8.82. The van der Waals surface area contributed by atoms with Crippen molar-refractivity contribution in [1.29, 1.82) is 0 Å². The Morgan fingerprint density at radius 1 is 1.03 bits per heavy atom. The highest BCUT2D eigenvalue weighted by Crippen LogP contribution is 2.50. The number of hydrogen-bond donors (Lipinski definition) is 0. The molecule has 0 radical (unpaired) electrons. The van der Waals surface area contributed by atoms with Crippen LogP contribution in [-0.4, -0.2) is 28.0 Å². The van der Waals surface area contributed by atoms with Crippen molar-refractivity contribution in [1.82, 2.24) is 10.2 Å². The second kappa shape index (κ2) is 9.16. The molecule has 0 bridgehead atoms. The zero-order valence-electron chi connectivity index (χ0n) is 21.4. The summed E-state index contributed by atoms with van der Waals surface area (Å²) >= 11 is 1.43. The lowest BCUT2D eigenvalue weighted by molar-refractivity contribution is -0.134. The number of anilines is 1. The van der Waals surface area contributed by atoms with Gasteiger partial charge < -0.3 is 4.74 Å². The van der Waals surface area contributed by atoms with Crippen LogP contribution in [-0.2, 0) is 20.7 Å². The first kappa shape index (κ1) is 24.2. The Hall–Kier alpha value is -2.54. The highest BCUT2D eigenvalue weighted by molar-refractivity contribution is 7.15. The van der Waals surface area contributed by atoms with Crippen LogP contribution in [0.1, 0.15) is 82.5 Å². The van der Waals surface area contributed by atoms with Gasteiger partial charge in [-0.25, -0.2) is 0 Å². The normalized spacial score (nSPS) is 28.6. The molecule has 2 aromatic rings. The van der Waals surface area contributed by atoms with Crippen molar-refractivity contribution in [3.05, 3.63) is 51.7 Å². The minimum absolute atomic E-state index is 0.0655. The maximum Gasteiger partial charge on any atom is 0.296 e. The summed E-state index contributed by atoms with van der Waals surface area (Å²) in [6.45, 7) is 13.0. The smallest absolute Gasteiger partial charge is 0.296 e. The Bertz CT molecular complexity index is 1170. The van der Waals surface area contributed by atoms with Gasteiger partial charge in [0.25, 0.3) is 5.91 Å². The number of carbonyl (C=O) groups excluding carboxylic acids is 2. The number of amides is 1. The van der Waals surface area contributed by atoms with Gasteiger partial charge in [-0.15, -0.1) is 10.2 Å². The average Bonchev–Trinajstić information content (AvgIpc) is 3.37. The highest BCUT2D eigenvalue weighted by atomic mass is 32.1. The van der Waals surface area contributed by atoms with E-state index in [4.69, 9.17) is 4.74 Å². The number of hydrogen-bond acceptors (Lipinski definition) is 6. The molecule has 1 fully saturated rings. The van der Waals surface area contributed by atoms with Gasteiger partial charge in [0.15, 0.2) is 11.5 Å². The van der Waals surface area contributed by atoms with E-state index in [2.05, 4.69) is 63.9 Å². The molecular weight excluding hydrogens is 458 g/mol. The second-order valence-corrected chi connectivity index (χ2v) is 12.3. The van der Waals surface area contributed by atoms with Crippen LogP contribution in [0.4, 0.5) is 5.13 Å². The van der Waals surface area contributed by atoms with Crippen molar-refractivity contribution in [3.8, 4) is 0 Å². The summed E-state index contributed by atoms with van der Waals surface area (Å²) < 4.78 is 6.38. The molecule has 186 valence electrons. The first-order valence-electron chi connectivity index (χ1n) is 12.9. The molecule has 1 amide bonds. The standard InChI is InChI=1S/C28H35N3O3S/c1-14(2)11-22-29-30-28(35-22)31-24(19-9-7-18(8-10-19)15(3)4)23-25(32)20-12-16(5)17(6)13-21(20)34-26(23)27(31)33/h7-10,14-17,20-21,24H,11-13H2,1-6H3. The number of carbonyl (C=O) groups is 2. The molecule has 3 heterocycles. The number of ether oxygens (including phenoxy) is 1. The predicted molar refractivity (Wildman–Crippen MR) is 137 cm³/mol. The van der Waals surface area contributed by atoms with E-state index in [0.717, 1.165) is 29.8 Å². The van der Waals surface area contributed by atoms with Crippen LogP contribution in [0, 0.1) is 23.7 Å². The molecule has 2 aliphatic heterocycles. The summed E-state index contributed by atoms with van der Waals surface area (Å²) in [6, 6.07) is 7.72. The van der Waals surface area contributed by atoms with Gasteiger partial charge in [0.2, 0.25) is 5.13 Å². The van der Waals surface area contributed by atoms with Crippen LogP contribution in [0.5, 0.6) is 0 Å². The van der Waals surface area contributed by atoms with Crippen LogP contribution in [0.15, 0.2) is 35.6 Å². The van der Waals surface area contributed by atoms with Crippen LogP contribution in [0.25, 0.3) is 0 Å². The molecule has 5 rings (SSSR count). The Morgan fingerprint density at radius 2 is 1.71 bits per heavy atom. The number of ketones is 1. The highest BCUT2D eigenvalue weighted by Gasteiger charge is 2.54. The minimum atomic E-state index is -0.540. The molecule has 1 aromatic heterocycles. The van der Waals surface area contributed by atoms with Gasteiger partial charge in [0, 0.05) is 6.42 Å². The van der Waals surface area contributed by atoms with Crippen LogP contribution in [0.3, 0.4) is 0 Å². The minimum Gasteiger partial charge on any atom is -0.483 e. The van der Waals surface area contributed by atoms with Gasteiger partial charge in [-0.2, -0.15) is 0 Å². The Balaban J connectivity index is 1.59. The Kier molecular flexibility index (Phi) is 6.32. The Morgan fingerprint density at radius 3 is 2.37 bits per heavy atom. The number of nitrogens with zero attached hydrogens (tertiary/aromatic N) is 3. The third-order valence-electron chi connectivity index (χ3n) is 7.87. The molecular formula is C28H35N3O3S. The molecule has 6 nitrogen and oxygen atoms in total. The number of fused-ring (bicyclic) bond motifs is 1. The van der Waals surface area contributed by atoms with Crippen LogP contribution < -0.4 is 4.90 Å². The lowest BCUT2D eigenvalue weighted by Crippen LogP contribution is -2.43. The van der Waals surface area contributed by atoms with Crippen molar-refractivity contribution in [3.63, 3.8) is 0 Å². The summed E-state index contributed by atoms with van der Waals surface area (Å²) in [7, 11) is 0. The van der Waals surface area contributed by atoms with E-state index in [1.165, 1.54) is 16.9 Å². The van der Waals surface area contributed by atoms with E-state index < -0.39 is 6.04 Å². The number of aromatic nitrogens is 2. The van der Waals surface area contributed by atoms with E-state index in [1.807, 2.05) is 12.1 Å². The van der Waals surface area contributed by atoms with Crippen molar-refractivity contribution in [2.24, 2.45) is 23.7 Å². The monoisotopic (exact) mass is 493 g/mol. The fourth-order valence-corrected chi connectivity index (χ4v) is 6.69. The summed E-state index contributed by atoms with van der Waals surface area (Å²) in [6.07, 6.45) is 2.17. The SMILES string of the molecule is CC(C)Cc1nnc(N2C(=O)C3=C(C(=O)C4CC(C)C(C)CC4O3)C2c2ccc(C(C)C)cc2)s1. The average molecular weight is 494 g/mol. The molecule has 3 aliphatic rings. The summed E-state index contributed by atoms with van der Waals surface area (Å²) in [5, 5.41) is 10.2. The first-order valence-corrected chi connectivity index (χ1v) is 13.7. The maximum absolute atomic E-state index is 14.0. The quantitative estimate of drug-likeness (QED) is 0.522. The first-order chi connectivity index (χ1) is 16.7. The van der Waals surface area contributed by atoms with E-state index in [0.29, 0.717) is 34.4 Å². The molecule has 35 heavy (non-hydrogen) atoms. The molecule has 7 heteroatoms. The second-order valence-electron chi connectivity index (χ2n) is 11.3. The molecule has 1 saturated carbocycles. The van der Waals surface area contributed by atoms with Crippen molar-refractivity contribution in [2.75, 3.05) is 4.90 Å². The molecule has 1 aromatic carbocycles. The molecule has 0 saturated heterocycles. The van der Waals surface area contributed by atoms with E-state index >= 15 is 0 Å². The fourth-order valence-electron chi connectivity index (χ4n) is 5.61. The molecule has 0 spiro atoms. The van der Waals surface area contributed by atoms with E-state index in [9.17, 15) is 9.59 Å². The number of rotatable bonds is 5. The number of Topliss-reactive ketones (excluding diaryl/α,β-unsaturated/α-hetero) is 1. The largest absolute Gasteiger partial charge is 0.483 e. The van der Waals surface area contributed by atoms with Gasteiger partial charge in [-0.3, -0.25) is 14.5 Å². The van der Waals surface area contributed by atoms with Gasteiger partial charge in [-0.1, -0.05) is 77.1 Å². The topological polar surface area (TPSA) is 72.4 Å². The molecule has 0 N–H and O–H groups in total. The van der Waals surface area contributed by atoms with Crippen LogP contribution >= 0.6 is 11.3 Å². The summed E-state index contributed by atoms with van der Waals surface area (Å²) in [5.41, 5.74) is 2.62. The molecule has 5 unspecified atom stereocenters. The lowest BCUT2D eigenvalue weighted by Gasteiger charge is -2.40. The lowest BCUT2D eigenvalue weighted by atomic mass is 9.70. The van der Waals surface area contributed by atoms with E-state index in [-0.39, 0.29) is 29.5 Å². The van der Waals surface area contributed by atoms with Crippen molar-refractivity contribution in [2.45, 2.75) is 78.9 Å². The van der Waals surface area contributed by atoms with Gasteiger partial charge >= 0.3 is 0 Å². The van der Waals surface area contributed by atoms with Gasteiger partial charge in [0.05, 0.1) is 17.5 Å². The predicted octanol–water partition coefficient (Wildman–Crippen LogP) is 5.85. The van der Waals surface area contributed by atoms with Gasteiger partial charge in [0.1, 0.15) is 11.1 Å². The summed E-state index contributed by atoms with van der Waals surface area (Å²) in [5.74, 6) is 1.55. The van der Waals surface area contributed by atoms with Crippen LogP contribution in [0.2, 0.25) is 0 Å². The zero-order chi connectivity index (χ0) is 25.0. The van der Waals surface area contributed by atoms with Gasteiger partial charge in [-0.05, 0) is 47.6 Å². The van der Waals surface area contributed by atoms with E-state index in [1.54, 1.807) is 4.90 Å². The van der Waals surface area contributed by atoms with Crippen molar-refractivity contribution >= 4 is 28.2 Å². The zero-order valence-corrected chi connectivity index (χ0v) is 22.3. The fraction of sp³-hybridized carbons (Fsp3) is 0.571. The molecule has 5 atom stereocenters. The third kappa shape index (κ3) is 4.22. The van der Waals surface area contributed by atoms with Crippen molar-refractivity contribution < 1.29 is 14.3 Å².